The number of carbonyl (C=O) groups excluding carboxylic acids is 2. The molecule has 2 aliphatic heterocycles. The lowest BCUT2D eigenvalue weighted by molar-refractivity contribution is -0.148. The van der Waals surface area contributed by atoms with Crippen LogP contribution in [-0.2, 0) is 30.8 Å². The van der Waals surface area contributed by atoms with E-state index in [0.717, 1.165) is 30.5 Å². The number of fused-ring (bicyclic) bond motifs is 1. The largest absolute Gasteiger partial charge is 0.452 e. The Kier molecular flexibility index (Phi) is 6.60. The van der Waals surface area contributed by atoms with E-state index in [-0.39, 0.29) is 17.4 Å². The van der Waals surface area contributed by atoms with E-state index in [2.05, 4.69) is 0 Å². The van der Waals surface area contributed by atoms with E-state index in [0.29, 0.717) is 31.6 Å². The zero-order chi connectivity index (χ0) is 22.6. The molecule has 0 saturated carbocycles. The van der Waals surface area contributed by atoms with Gasteiger partial charge in [0, 0.05) is 25.7 Å². The molecule has 168 valence electrons. The number of amides is 1. The van der Waals surface area contributed by atoms with E-state index in [9.17, 15) is 18.0 Å². The minimum atomic E-state index is -3.65. The predicted octanol–water partition coefficient (Wildman–Crippen LogP) is 3.01. The first kappa shape index (κ1) is 22.1. The molecule has 0 N–H and O–H groups in total. The van der Waals surface area contributed by atoms with Gasteiger partial charge in [0.15, 0.2) is 6.61 Å². The third kappa shape index (κ3) is 4.85. The first-order valence-corrected chi connectivity index (χ1v) is 12.2. The topological polar surface area (TPSA) is 84.0 Å². The molecule has 7 nitrogen and oxygen atoms in total. The number of benzene rings is 2. The normalized spacial score (nSPS) is 16.2. The second kappa shape index (κ2) is 9.56. The molecule has 0 spiro atoms. The molecular formula is C24H26N2O5S. The number of anilines is 1. The summed E-state index contributed by atoms with van der Waals surface area (Å²) in [5.74, 6) is -0.787. The summed E-state index contributed by atoms with van der Waals surface area (Å²) in [6, 6.07) is 13.8. The van der Waals surface area contributed by atoms with Crippen molar-refractivity contribution in [2.45, 2.75) is 30.6 Å². The van der Waals surface area contributed by atoms with Crippen LogP contribution in [0.25, 0.3) is 6.08 Å². The fourth-order valence-electron chi connectivity index (χ4n) is 4.02. The molecule has 1 saturated heterocycles. The molecule has 2 aromatic carbocycles. The predicted molar refractivity (Wildman–Crippen MR) is 122 cm³/mol. The van der Waals surface area contributed by atoms with E-state index in [1.165, 1.54) is 28.6 Å². The van der Waals surface area contributed by atoms with Crippen molar-refractivity contribution < 1.29 is 22.7 Å². The van der Waals surface area contributed by atoms with E-state index >= 15 is 0 Å². The summed E-state index contributed by atoms with van der Waals surface area (Å²) >= 11 is 0. The first-order chi connectivity index (χ1) is 15.4. The van der Waals surface area contributed by atoms with Crippen LogP contribution in [0.2, 0.25) is 0 Å². The zero-order valence-electron chi connectivity index (χ0n) is 17.8. The van der Waals surface area contributed by atoms with Gasteiger partial charge in [-0.1, -0.05) is 30.3 Å². The van der Waals surface area contributed by atoms with Gasteiger partial charge in [-0.15, -0.1) is 0 Å². The summed E-state index contributed by atoms with van der Waals surface area (Å²) in [5, 5.41) is 0. The molecule has 0 bridgehead atoms. The molecule has 0 unspecified atom stereocenters. The van der Waals surface area contributed by atoms with E-state index in [1.54, 1.807) is 17.0 Å². The van der Waals surface area contributed by atoms with Gasteiger partial charge in [-0.2, -0.15) is 0 Å². The molecule has 0 radical (unpaired) electrons. The van der Waals surface area contributed by atoms with Crippen molar-refractivity contribution >= 4 is 33.7 Å². The SMILES string of the molecule is O=C(/C=C/c1ccc(S(=O)(=O)N2CCc3ccccc32)cc1)OCC(=O)N1CCCCC1. The number of ether oxygens (including phenoxy) is 1. The summed E-state index contributed by atoms with van der Waals surface area (Å²) in [4.78, 5) is 25.9. The Hall–Kier alpha value is -3.13. The molecule has 8 heteroatoms. The molecular weight excluding hydrogens is 428 g/mol. The van der Waals surface area contributed by atoms with Crippen molar-refractivity contribution in [3.05, 3.63) is 65.7 Å². The smallest absolute Gasteiger partial charge is 0.331 e. The lowest BCUT2D eigenvalue weighted by Gasteiger charge is -2.26. The summed E-state index contributed by atoms with van der Waals surface area (Å²) in [7, 11) is -3.65. The van der Waals surface area contributed by atoms with E-state index < -0.39 is 16.0 Å². The molecule has 0 atom stereocenters. The van der Waals surface area contributed by atoms with Gasteiger partial charge in [0.05, 0.1) is 10.6 Å². The van der Waals surface area contributed by atoms with Gasteiger partial charge >= 0.3 is 5.97 Å². The number of sulfonamides is 1. The fourth-order valence-corrected chi connectivity index (χ4v) is 5.52. The molecule has 1 amide bonds. The van der Waals surface area contributed by atoms with Gasteiger partial charge < -0.3 is 9.64 Å². The van der Waals surface area contributed by atoms with Crippen molar-refractivity contribution in [3.63, 3.8) is 0 Å². The van der Waals surface area contributed by atoms with Crippen molar-refractivity contribution in [2.24, 2.45) is 0 Å². The zero-order valence-corrected chi connectivity index (χ0v) is 18.6. The van der Waals surface area contributed by atoms with Crippen LogP contribution in [0.3, 0.4) is 0 Å². The average Bonchev–Trinajstić information content (AvgIpc) is 3.27. The van der Waals surface area contributed by atoms with Crippen molar-refractivity contribution in [3.8, 4) is 0 Å². The Morgan fingerprint density at radius 1 is 0.938 bits per heavy atom. The lowest BCUT2D eigenvalue weighted by Crippen LogP contribution is -2.38. The molecule has 0 aliphatic carbocycles. The quantitative estimate of drug-likeness (QED) is 0.495. The summed E-state index contributed by atoms with van der Waals surface area (Å²) < 4.78 is 32.6. The Bertz CT molecular complexity index is 1120. The van der Waals surface area contributed by atoms with Crippen molar-refractivity contribution in [1.82, 2.24) is 4.90 Å². The highest BCUT2D eigenvalue weighted by atomic mass is 32.2. The third-order valence-corrected chi connectivity index (χ3v) is 7.60. The number of hydrogen-bond donors (Lipinski definition) is 0. The fraction of sp³-hybridized carbons (Fsp3) is 0.333. The third-order valence-electron chi connectivity index (χ3n) is 5.77. The van der Waals surface area contributed by atoms with Crippen LogP contribution < -0.4 is 4.31 Å². The molecule has 2 aromatic rings. The van der Waals surface area contributed by atoms with Gasteiger partial charge in [-0.3, -0.25) is 9.10 Å². The standard InChI is InChI=1S/C24H26N2O5S/c27-23(25-15-4-1-5-16-25)18-31-24(28)13-10-19-8-11-21(12-9-19)32(29,30)26-17-14-20-6-2-3-7-22(20)26/h2-3,6-13H,1,4-5,14-18H2/b13-10+. The van der Waals surface area contributed by atoms with Crippen LogP contribution in [0.1, 0.15) is 30.4 Å². The number of esters is 1. The Morgan fingerprint density at radius 3 is 2.41 bits per heavy atom. The van der Waals surface area contributed by atoms with Crippen LogP contribution in [0.4, 0.5) is 5.69 Å². The maximum atomic E-state index is 13.1. The Balaban J connectivity index is 1.35. The number of para-hydroxylation sites is 1. The number of rotatable bonds is 6. The second-order valence-electron chi connectivity index (χ2n) is 7.91. The second-order valence-corrected chi connectivity index (χ2v) is 9.77. The highest BCUT2D eigenvalue weighted by molar-refractivity contribution is 7.92. The van der Waals surface area contributed by atoms with Gasteiger partial charge in [-0.25, -0.2) is 13.2 Å². The maximum Gasteiger partial charge on any atom is 0.331 e. The highest BCUT2D eigenvalue weighted by Crippen LogP contribution is 2.32. The number of carbonyl (C=O) groups is 2. The maximum absolute atomic E-state index is 13.1. The van der Waals surface area contributed by atoms with Gasteiger partial charge in [0.25, 0.3) is 15.9 Å². The molecule has 4 rings (SSSR count). The van der Waals surface area contributed by atoms with Crippen LogP contribution in [0, 0.1) is 0 Å². The molecule has 32 heavy (non-hydrogen) atoms. The summed E-state index contributed by atoms with van der Waals surface area (Å²) in [6.07, 6.45) is 6.56. The summed E-state index contributed by atoms with van der Waals surface area (Å²) in [6.45, 7) is 1.58. The number of nitrogens with zero attached hydrogens (tertiary/aromatic N) is 2. The van der Waals surface area contributed by atoms with Gasteiger partial charge in [0.1, 0.15) is 0 Å². The average molecular weight is 455 g/mol. The van der Waals surface area contributed by atoms with Gasteiger partial charge in [0.2, 0.25) is 0 Å². The Morgan fingerprint density at radius 2 is 1.66 bits per heavy atom. The van der Waals surface area contributed by atoms with E-state index in [4.69, 9.17) is 4.74 Å². The molecule has 2 aliphatic rings. The molecule has 2 heterocycles. The van der Waals surface area contributed by atoms with Crippen LogP contribution in [-0.4, -0.2) is 51.4 Å². The highest BCUT2D eigenvalue weighted by Gasteiger charge is 2.30. The van der Waals surface area contributed by atoms with Crippen molar-refractivity contribution in [2.75, 3.05) is 30.5 Å². The number of piperidine rings is 1. The van der Waals surface area contributed by atoms with Crippen LogP contribution in [0.15, 0.2) is 59.5 Å². The van der Waals surface area contributed by atoms with Crippen LogP contribution >= 0.6 is 0 Å². The number of likely N-dealkylation sites (tertiary alicyclic amines) is 1. The molecule has 0 aromatic heterocycles. The molecule has 1 fully saturated rings. The Labute approximate surface area is 188 Å². The van der Waals surface area contributed by atoms with Gasteiger partial charge in [-0.05, 0) is 61.1 Å². The minimum absolute atomic E-state index is 0.176. The minimum Gasteiger partial charge on any atom is -0.452 e. The van der Waals surface area contributed by atoms with E-state index in [1.807, 2.05) is 24.3 Å². The monoisotopic (exact) mass is 454 g/mol. The number of hydrogen-bond acceptors (Lipinski definition) is 5. The van der Waals surface area contributed by atoms with Crippen LogP contribution in [0.5, 0.6) is 0 Å². The lowest BCUT2D eigenvalue weighted by atomic mass is 10.1. The first-order valence-electron chi connectivity index (χ1n) is 10.8. The van der Waals surface area contributed by atoms with Crippen molar-refractivity contribution in [1.29, 1.82) is 0 Å². The summed E-state index contributed by atoms with van der Waals surface area (Å²) in [5.41, 5.74) is 2.40.